The highest BCUT2D eigenvalue weighted by molar-refractivity contribution is 5.86. The number of fused-ring (bicyclic) bond motifs is 1. The van der Waals surface area contributed by atoms with Crippen molar-refractivity contribution in [1.29, 1.82) is 0 Å². The Bertz CT molecular complexity index is 1150. The van der Waals surface area contributed by atoms with Gasteiger partial charge in [0.1, 0.15) is 5.82 Å². The Morgan fingerprint density at radius 3 is 2.42 bits per heavy atom. The van der Waals surface area contributed by atoms with Crippen LogP contribution in [0.5, 0.6) is 0 Å². The molecule has 0 radical (unpaired) electrons. The average Bonchev–Trinajstić information content (AvgIpc) is 3.17. The predicted molar refractivity (Wildman–Crippen MR) is 124 cm³/mol. The number of aryl methyl sites for hydroxylation is 1. The summed E-state index contributed by atoms with van der Waals surface area (Å²) >= 11 is 0. The molecule has 1 atom stereocenters. The molecule has 0 aliphatic heterocycles. The van der Waals surface area contributed by atoms with Crippen LogP contribution < -0.4 is 5.32 Å². The van der Waals surface area contributed by atoms with Crippen LogP contribution in [0.4, 0.5) is 4.39 Å². The van der Waals surface area contributed by atoms with Crippen molar-refractivity contribution in [3.05, 3.63) is 108 Å². The third kappa shape index (κ3) is 4.85. The zero-order valence-electron chi connectivity index (χ0n) is 17.7. The molecular formula is C27H27FN2O. The Hall–Kier alpha value is -3.40. The zero-order chi connectivity index (χ0) is 21.6. The molecule has 0 aliphatic carbocycles. The highest BCUT2D eigenvalue weighted by Crippen LogP contribution is 2.34. The maximum Gasteiger partial charge on any atom is 0.220 e. The minimum absolute atomic E-state index is 0.00131. The lowest BCUT2D eigenvalue weighted by Crippen LogP contribution is -2.27. The summed E-state index contributed by atoms with van der Waals surface area (Å²) in [6.45, 7) is 3.55. The van der Waals surface area contributed by atoms with E-state index in [2.05, 4.69) is 47.3 Å². The topological polar surface area (TPSA) is 34.0 Å². The van der Waals surface area contributed by atoms with E-state index in [0.29, 0.717) is 13.0 Å². The lowest BCUT2D eigenvalue weighted by atomic mass is 9.88. The molecule has 1 heterocycles. The third-order valence-electron chi connectivity index (χ3n) is 5.78. The van der Waals surface area contributed by atoms with E-state index in [4.69, 9.17) is 0 Å². The molecule has 1 N–H and O–H groups in total. The summed E-state index contributed by atoms with van der Waals surface area (Å²) in [7, 11) is 0. The normalized spacial score (nSPS) is 12.1. The minimum Gasteiger partial charge on any atom is -0.356 e. The van der Waals surface area contributed by atoms with Crippen molar-refractivity contribution >= 4 is 16.8 Å². The largest absolute Gasteiger partial charge is 0.356 e. The predicted octanol–water partition coefficient (Wildman–Crippen LogP) is 5.68. The van der Waals surface area contributed by atoms with Crippen LogP contribution in [0.25, 0.3) is 10.9 Å². The van der Waals surface area contributed by atoms with Gasteiger partial charge in [-0.2, -0.15) is 0 Å². The number of amides is 1. The second-order valence-electron chi connectivity index (χ2n) is 7.78. The first-order valence-corrected chi connectivity index (χ1v) is 10.8. The molecule has 4 aromatic rings. The van der Waals surface area contributed by atoms with Crippen molar-refractivity contribution in [2.75, 3.05) is 6.54 Å². The monoisotopic (exact) mass is 414 g/mol. The van der Waals surface area contributed by atoms with Gasteiger partial charge in [0.2, 0.25) is 5.91 Å². The molecule has 0 fully saturated rings. The van der Waals surface area contributed by atoms with Crippen molar-refractivity contribution in [1.82, 2.24) is 9.88 Å². The molecule has 31 heavy (non-hydrogen) atoms. The number of rotatable bonds is 8. The van der Waals surface area contributed by atoms with Gasteiger partial charge in [-0.15, -0.1) is 0 Å². The van der Waals surface area contributed by atoms with Gasteiger partial charge in [-0.1, -0.05) is 60.7 Å². The Labute approximate surface area is 182 Å². The highest BCUT2D eigenvalue weighted by atomic mass is 19.1. The van der Waals surface area contributed by atoms with Crippen LogP contribution in [0, 0.1) is 5.82 Å². The number of nitrogens with zero attached hydrogens (tertiary/aromatic N) is 1. The van der Waals surface area contributed by atoms with Crippen molar-refractivity contribution in [2.45, 2.75) is 32.2 Å². The fourth-order valence-corrected chi connectivity index (χ4v) is 4.17. The molecule has 1 aromatic heterocycles. The van der Waals surface area contributed by atoms with E-state index in [1.807, 2.05) is 30.3 Å². The molecule has 4 heteroatoms. The van der Waals surface area contributed by atoms with Crippen LogP contribution in [-0.4, -0.2) is 17.0 Å². The van der Waals surface area contributed by atoms with Gasteiger partial charge < -0.3 is 9.88 Å². The SMILES string of the molecule is CCn1cc(C(CC(=O)NCCc2ccccc2)c2ccc(F)cc2)c2ccccc21. The van der Waals surface area contributed by atoms with Gasteiger partial charge in [-0.25, -0.2) is 4.39 Å². The van der Waals surface area contributed by atoms with Gasteiger partial charge in [-0.3, -0.25) is 4.79 Å². The molecule has 1 unspecified atom stereocenters. The Morgan fingerprint density at radius 2 is 1.68 bits per heavy atom. The molecule has 0 saturated carbocycles. The summed E-state index contributed by atoms with van der Waals surface area (Å²) in [6.07, 6.45) is 3.25. The number of benzene rings is 3. The van der Waals surface area contributed by atoms with Gasteiger partial charge in [0, 0.05) is 42.5 Å². The molecule has 4 rings (SSSR count). The molecule has 0 saturated heterocycles. The van der Waals surface area contributed by atoms with Crippen LogP contribution in [0.2, 0.25) is 0 Å². The van der Waals surface area contributed by atoms with Crippen molar-refractivity contribution in [3.8, 4) is 0 Å². The molecular weight excluding hydrogens is 387 g/mol. The number of hydrogen-bond acceptors (Lipinski definition) is 1. The number of halogens is 1. The van der Waals surface area contributed by atoms with Crippen molar-refractivity contribution < 1.29 is 9.18 Å². The zero-order valence-corrected chi connectivity index (χ0v) is 17.7. The second-order valence-corrected chi connectivity index (χ2v) is 7.78. The van der Waals surface area contributed by atoms with Gasteiger partial charge in [0.25, 0.3) is 0 Å². The molecule has 1 amide bonds. The summed E-state index contributed by atoms with van der Waals surface area (Å²) in [4.78, 5) is 12.9. The molecule has 158 valence electrons. The Kier molecular flexibility index (Phi) is 6.46. The van der Waals surface area contributed by atoms with E-state index in [-0.39, 0.29) is 17.6 Å². The average molecular weight is 415 g/mol. The first-order valence-electron chi connectivity index (χ1n) is 10.8. The summed E-state index contributed by atoms with van der Waals surface area (Å²) in [5.74, 6) is -0.417. The highest BCUT2D eigenvalue weighted by Gasteiger charge is 2.22. The molecule has 3 nitrogen and oxygen atoms in total. The van der Waals surface area contributed by atoms with Gasteiger partial charge in [-0.05, 0) is 48.2 Å². The summed E-state index contributed by atoms with van der Waals surface area (Å²) in [5, 5.41) is 4.20. The summed E-state index contributed by atoms with van der Waals surface area (Å²) in [6, 6.07) is 24.9. The number of aromatic nitrogens is 1. The van der Waals surface area contributed by atoms with E-state index in [9.17, 15) is 9.18 Å². The first-order chi connectivity index (χ1) is 15.2. The number of para-hydroxylation sites is 1. The van der Waals surface area contributed by atoms with Gasteiger partial charge >= 0.3 is 0 Å². The van der Waals surface area contributed by atoms with E-state index < -0.39 is 0 Å². The van der Waals surface area contributed by atoms with E-state index in [1.54, 1.807) is 12.1 Å². The first kappa shape index (κ1) is 20.9. The maximum absolute atomic E-state index is 13.6. The van der Waals surface area contributed by atoms with Crippen LogP contribution in [0.3, 0.4) is 0 Å². The fourth-order valence-electron chi connectivity index (χ4n) is 4.17. The lowest BCUT2D eigenvalue weighted by Gasteiger charge is -2.17. The number of carbonyl (C=O) groups is 1. The van der Waals surface area contributed by atoms with Crippen molar-refractivity contribution in [3.63, 3.8) is 0 Å². The fraction of sp³-hybridized carbons (Fsp3) is 0.222. The van der Waals surface area contributed by atoms with E-state index in [0.717, 1.165) is 35.0 Å². The molecule has 0 aliphatic rings. The second kappa shape index (κ2) is 9.61. The third-order valence-corrected chi connectivity index (χ3v) is 5.78. The Morgan fingerprint density at radius 1 is 0.968 bits per heavy atom. The smallest absolute Gasteiger partial charge is 0.220 e. The van der Waals surface area contributed by atoms with Crippen molar-refractivity contribution in [2.24, 2.45) is 0 Å². The summed E-state index contributed by atoms with van der Waals surface area (Å²) < 4.78 is 15.8. The number of carbonyl (C=O) groups excluding carboxylic acids is 1. The number of hydrogen-bond donors (Lipinski definition) is 1. The van der Waals surface area contributed by atoms with Gasteiger partial charge in [0.05, 0.1) is 0 Å². The standard InChI is InChI=1S/C27H27FN2O/c1-2-30-19-25(23-10-6-7-11-26(23)30)24(21-12-14-22(28)15-13-21)18-27(31)29-17-16-20-8-4-3-5-9-20/h3-15,19,24H,2,16-18H2,1H3,(H,29,31). The molecule has 0 spiro atoms. The Balaban J connectivity index is 1.58. The minimum atomic E-state index is -0.272. The lowest BCUT2D eigenvalue weighted by molar-refractivity contribution is -0.121. The van der Waals surface area contributed by atoms with Crippen LogP contribution in [0.15, 0.2) is 85.1 Å². The van der Waals surface area contributed by atoms with Gasteiger partial charge in [0.15, 0.2) is 0 Å². The van der Waals surface area contributed by atoms with Crippen LogP contribution >= 0.6 is 0 Å². The quantitative estimate of drug-likeness (QED) is 0.395. The van der Waals surface area contributed by atoms with E-state index >= 15 is 0 Å². The van der Waals surface area contributed by atoms with E-state index in [1.165, 1.54) is 17.7 Å². The van der Waals surface area contributed by atoms with Crippen LogP contribution in [-0.2, 0) is 17.8 Å². The van der Waals surface area contributed by atoms with Crippen LogP contribution in [0.1, 0.15) is 36.0 Å². The maximum atomic E-state index is 13.6. The summed E-state index contributed by atoms with van der Waals surface area (Å²) in [5.41, 5.74) is 4.39. The molecule has 0 bridgehead atoms. The molecule has 3 aromatic carbocycles. The number of nitrogens with one attached hydrogen (secondary N) is 1.